The fourth-order valence-corrected chi connectivity index (χ4v) is 3.12. The first kappa shape index (κ1) is 17.5. The molecule has 4 rings (SSSR count). The monoisotopic (exact) mass is 367 g/mol. The van der Waals surface area contributed by atoms with E-state index < -0.39 is 0 Å². The Bertz CT molecular complexity index is 1190. The lowest BCUT2D eigenvalue weighted by Crippen LogP contribution is -2.26. The molecule has 136 valence electrons. The molecule has 0 saturated carbocycles. The number of hydrogen-bond acceptors (Lipinski definition) is 4. The summed E-state index contributed by atoms with van der Waals surface area (Å²) in [5.41, 5.74) is 3.58. The molecule has 0 fully saturated rings. The quantitative estimate of drug-likeness (QED) is 0.559. The largest absolute Gasteiger partial charge is 0.355 e. The van der Waals surface area contributed by atoms with Crippen LogP contribution in [-0.4, -0.2) is 11.1 Å². The number of amides is 1. The van der Waals surface area contributed by atoms with Crippen LogP contribution in [0.1, 0.15) is 34.5 Å². The van der Waals surface area contributed by atoms with Gasteiger partial charge in [-0.15, -0.1) is 0 Å². The van der Waals surface area contributed by atoms with E-state index >= 15 is 0 Å². The maximum atomic E-state index is 12.8. The van der Waals surface area contributed by atoms with Gasteiger partial charge in [0.2, 0.25) is 0 Å². The Kier molecular flexibility index (Phi) is 4.61. The molecule has 5 nitrogen and oxygen atoms in total. The van der Waals surface area contributed by atoms with Gasteiger partial charge in [-0.1, -0.05) is 47.6 Å². The molecular weight excluding hydrogens is 350 g/mol. The van der Waals surface area contributed by atoms with Crippen molar-refractivity contribution in [2.24, 2.45) is 0 Å². The average molecular weight is 367 g/mol. The van der Waals surface area contributed by atoms with Gasteiger partial charge in [0.1, 0.15) is 5.52 Å². The van der Waals surface area contributed by atoms with Crippen LogP contribution >= 0.6 is 0 Å². The van der Waals surface area contributed by atoms with Crippen LogP contribution in [0.25, 0.3) is 22.2 Å². The minimum absolute atomic E-state index is 0.197. The number of benzene rings is 3. The number of aromatic nitrogens is 1. The minimum atomic E-state index is -0.229. The molecule has 1 amide bonds. The Hall–Kier alpha value is -3.91. The van der Waals surface area contributed by atoms with Crippen LogP contribution in [0, 0.1) is 11.3 Å². The van der Waals surface area contributed by atoms with Crippen molar-refractivity contribution in [2.75, 3.05) is 0 Å². The van der Waals surface area contributed by atoms with Gasteiger partial charge in [0, 0.05) is 11.1 Å². The molecule has 3 aromatic carbocycles. The summed E-state index contributed by atoms with van der Waals surface area (Å²) >= 11 is 0. The van der Waals surface area contributed by atoms with E-state index in [4.69, 9.17) is 9.78 Å². The lowest BCUT2D eigenvalue weighted by molar-refractivity contribution is 0.0940. The summed E-state index contributed by atoms with van der Waals surface area (Å²) in [6.07, 6.45) is 0. The maximum Gasteiger partial charge on any atom is 0.251 e. The number of hydrogen-bond donors (Lipinski definition) is 1. The maximum absolute atomic E-state index is 12.8. The van der Waals surface area contributed by atoms with E-state index in [9.17, 15) is 4.79 Å². The molecule has 1 N–H and O–H groups in total. The number of nitrogens with one attached hydrogen (secondary N) is 1. The van der Waals surface area contributed by atoms with E-state index in [1.165, 1.54) is 0 Å². The topological polar surface area (TPSA) is 78.9 Å². The van der Waals surface area contributed by atoms with Gasteiger partial charge < -0.3 is 9.84 Å². The molecule has 5 heteroatoms. The van der Waals surface area contributed by atoms with Crippen LogP contribution < -0.4 is 5.32 Å². The van der Waals surface area contributed by atoms with Crippen LogP contribution in [0.2, 0.25) is 0 Å². The molecule has 0 aliphatic heterocycles. The zero-order valence-corrected chi connectivity index (χ0v) is 15.2. The fraction of sp³-hybridized carbons (Fsp3) is 0.0870. The van der Waals surface area contributed by atoms with Crippen molar-refractivity contribution >= 4 is 16.8 Å². The third-order valence-electron chi connectivity index (χ3n) is 4.64. The van der Waals surface area contributed by atoms with Gasteiger partial charge in [0.25, 0.3) is 5.91 Å². The van der Waals surface area contributed by atoms with E-state index in [-0.39, 0.29) is 11.9 Å². The molecule has 1 unspecified atom stereocenters. The Morgan fingerprint density at radius 1 is 1.07 bits per heavy atom. The molecule has 0 aliphatic carbocycles. The smallest absolute Gasteiger partial charge is 0.251 e. The summed E-state index contributed by atoms with van der Waals surface area (Å²) in [7, 11) is 0. The van der Waals surface area contributed by atoms with E-state index in [1.54, 1.807) is 30.3 Å². The van der Waals surface area contributed by atoms with Gasteiger partial charge in [-0.2, -0.15) is 5.26 Å². The van der Waals surface area contributed by atoms with E-state index in [1.807, 2.05) is 49.4 Å². The van der Waals surface area contributed by atoms with Crippen LogP contribution in [0.15, 0.2) is 77.3 Å². The van der Waals surface area contributed by atoms with Crippen molar-refractivity contribution < 1.29 is 9.32 Å². The second kappa shape index (κ2) is 7.37. The molecule has 1 atom stereocenters. The number of carbonyl (C=O) groups excluding carboxylic acids is 1. The highest BCUT2D eigenvalue weighted by molar-refractivity contribution is 6.01. The summed E-state index contributed by atoms with van der Waals surface area (Å²) in [6.45, 7) is 1.89. The molecule has 0 bridgehead atoms. The summed E-state index contributed by atoms with van der Waals surface area (Å²) in [4.78, 5) is 12.8. The van der Waals surface area contributed by atoms with Crippen molar-refractivity contribution in [2.45, 2.75) is 13.0 Å². The van der Waals surface area contributed by atoms with Crippen molar-refractivity contribution in [3.63, 3.8) is 0 Å². The molecule has 0 aliphatic rings. The second-order valence-electron chi connectivity index (χ2n) is 6.54. The van der Waals surface area contributed by atoms with Gasteiger partial charge in [0.15, 0.2) is 5.76 Å². The van der Waals surface area contributed by atoms with E-state index in [0.29, 0.717) is 22.4 Å². The van der Waals surface area contributed by atoms with E-state index in [0.717, 1.165) is 16.5 Å². The molecule has 1 heterocycles. The molecule has 4 aromatic rings. The molecule has 1 aromatic heterocycles. The third kappa shape index (κ3) is 3.36. The highest BCUT2D eigenvalue weighted by Gasteiger charge is 2.16. The Balaban J connectivity index is 1.62. The summed E-state index contributed by atoms with van der Waals surface area (Å²) in [5, 5.41) is 16.9. The normalized spacial score (nSPS) is 11.7. The fourth-order valence-electron chi connectivity index (χ4n) is 3.12. The average Bonchev–Trinajstić information content (AvgIpc) is 3.17. The van der Waals surface area contributed by atoms with Crippen molar-refractivity contribution in [1.29, 1.82) is 5.26 Å². The summed E-state index contributed by atoms with van der Waals surface area (Å²) < 4.78 is 5.50. The first-order valence-corrected chi connectivity index (χ1v) is 8.91. The summed E-state index contributed by atoms with van der Waals surface area (Å²) in [5.74, 6) is 0.442. The molecule has 0 spiro atoms. The standard InChI is InChI=1S/C23H17N3O2/c1-15(18-9-5-6-16(12-18)14-24)25-23(27)19-10-11-21-20(13-19)22(28-26-21)17-7-3-2-4-8-17/h2-13,15H,1H3,(H,25,27). The van der Waals surface area contributed by atoms with Crippen LogP contribution in [0.4, 0.5) is 0 Å². The molecule has 0 radical (unpaired) electrons. The first-order chi connectivity index (χ1) is 13.7. The number of nitrogens with zero attached hydrogens (tertiary/aromatic N) is 2. The number of nitriles is 1. The lowest BCUT2D eigenvalue weighted by atomic mass is 10.0. The highest BCUT2D eigenvalue weighted by Crippen LogP contribution is 2.29. The van der Waals surface area contributed by atoms with Crippen molar-refractivity contribution in [1.82, 2.24) is 10.5 Å². The van der Waals surface area contributed by atoms with Gasteiger partial charge in [0.05, 0.1) is 23.1 Å². The molecule has 0 saturated heterocycles. The Morgan fingerprint density at radius 2 is 1.89 bits per heavy atom. The highest BCUT2D eigenvalue weighted by atomic mass is 16.5. The van der Waals surface area contributed by atoms with E-state index in [2.05, 4.69) is 16.5 Å². The van der Waals surface area contributed by atoms with Crippen LogP contribution in [0.5, 0.6) is 0 Å². The number of rotatable bonds is 4. The second-order valence-corrected chi connectivity index (χ2v) is 6.54. The van der Waals surface area contributed by atoms with Gasteiger partial charge in [-0.25, -0.2) is 0 Å². The summed E-state index contributed by atoms with van der Waals surface area (Å²) in [6, 6.07) is 24.1. The van der Waals surface area contributed by atoms with Crippen LogP contribution in [-0.2, 0) is 0 Å². The zero-order valence-electron chi connectivity index (χ0n) is 15.2. The van der Waals surface area contributed by atoms with Gasteiger partial charge in [-0.05, 0) is 42.8 Å². The predicted octanol–water partition coefficient (Wildman–Crippen LogP) is 4.86. The Labute approximate surface area is 162 Å². The van der Waals surface area contributed by atoms with Crippen LogP contribution in [0.3, 0.4) is 0 Å². The SMILES string of the molecule is CC(NC(=O)c1ccc2noc(-c3ccccc3)c2c1)c1cccc(C#N)c1. The third-order valence-corrected chi connectivity index (χ3v) is 4.64. The zero-order chi connectivity index (χ0) is 19.5. The molecule has 28 heavy (non-hydrogen) atoms. The minimum Gasteiger partial charge on any atom is -0.355 e. The van der Waals surface area contributed by atoms with Gasteiger partial charge >= 0.3 is 0 Å². The van der Waals surface area contributed by atoms with Gasteiger partial charge in [-0.3, -0.25) is 4.79 Å². The number of fused-ring (bicyclic) bond motifs is 1. The van der Waals surface area contributed by atoms with Crippen molar-refractivity contribution in [3.05, 3.63) is 89.5 Å². The Morgan fingerprint density at radius 3 is 2.68 bits per heavy atom. The first-order valence-electron chi connectivity index (χ1n) is 8.91. The molecular formula is C23H17N3O2. The lowest BCUT2D eigenvalue weighted by Gasteiger charge is -2.14. The predicted molar refractivity (Wildman–Crippen MR) is 106 cm³/mol. The number of carbonyl (C=O) groups is 1. The van der Waals surface area contributed by atoms with Crippen molar-refractivity contribution in [3.8, 4) is 17.4 Å².